The van der Waals surface area contributed by atoms with Crippen LogP contribution in [0.15, 0.2) is 66.9 Å². The third-order valence-corrected chi connectivity index (χ3v) is 4.79. The number of benzene rings is 2. The van der Waals surface area contributed by atoms with Crippen LogP contribution in [-0.2, 0) is 6.54 Å². The predicted octanol–water partition coefficient (Wildman–Crippen LogP) is 4.51. The topological polar surface area (TPSA) is 83.1 Å². The summed E-state index contributed by atoms with van der Waals surface area (Å²) in [5, 5.41) is 8.54. The minimum absolute atomic E-state index is 0.192. The summed E-state index contributed by atoms with van der Waals surface area (Å²) in [6, 6.07) is 18.1. The lowest BCUT2D eigenvalue weighted by atomic mass is 10.1. The molecular weight excluding hydrogens is 376 g/mol. The zero-order valence-corrected chi connectivity index (χ0v) is 17.4. The van der Waals surface area contributed by atoms with Crippen molar-refractivity contribution in [1.82, 2.24) is 15.6 Å². The fourth-order valence-corrected chi connectivity index (χ4v) is 3.07. The summed E-state index contributed by atoms with van der Waals surface area (Å²) >= 11 is 0. The van der Waals surface area contributed by atoms with Gasteiger partial charge in [-0.25, -0.2) is 4.79 Å². The number of nitrogens with zero attached hydrogens (tertiary/aromatic N) is 1. The second kappa shape index (κ2) is 9.69. The molecule has 0 aliphatic heterocycles. The van der Waals surface area contributed by atoms with Crippen molar-refractivity contribution in [1.29, 1.82) is 0 Å². The number of carbonyl (C=O) groups excluding carboxylic acids is 2. The highest BCUT2D eigenvalue weighted by Gasteiger charge is 2.14. The molecule has 30 heavy (non-hydrogen) atoms. The van der Waals surface area contributed by atoms with Crippen molar-refractivity contribution in [2.24, 2.45) is 0 Å². The van der Waals surface area contributed by atoms with Gasteiger partial charge in [0.2, 0.25) is 0 Å². The molecule has 0 bridgehead atoms. The van der Waals surface area contributed by atoms with Crippen molar-refractivity contribution in [3.8, 4) is 0 Å². The number of carbonyl (C=O) groups is 2. The molecule has 6 heteroatoms. The van der Waals surface area contributed by atoms with Crippen molar-refractivity contribution < 1.29 is 9.59 Å². The maximum atomic E-state index is 12.5. The molecule has 0 fully saturated rings. The highest BCUT2D eigenvalue weighted by molar-refractivity contribution is 5.95. The molecule has 0 aliphatic rings. The predicted molar refractivity (Wildman–Crippen MR) is 118 cm³/mol. The van der Waals surface area contributed by atoms with Crippen LogP contribution in [0.3, 0.4) is 0 Å². The molecule has 0 radical (unpaired) electrons. The monoisotopic (exact) mass is 402 g/mol. The third kappa shape index (κ3) is 5.67. The standard InChI is InChI=1S/C24H26N4O2/c1-16-6-8-19(9-7-16)15-26-24(30)28-21-12-10-20(11-13-21)23(29)27-18(3)22-17(2)5-4-14-25-22/h4-14,18H,15H2,1-3H3,(H,27,29)(H2,26,28,30)/t18-/m1/s1. The molecule has 3 rings (SSSR count). The van der Waals surface area contributed by atoms with Crippen LogP contribution in [0.2, 0.25) is 0 Å². The van der Waals surface area contributed by atoms with E-state index in [1.165, 1.54) is 5.56 Å². The Hall–Kier alpha value is -3.67. The summed E-state index contributed by atoms with van der Waals surface area (Å²) in [6.45, 7) is 6.34. The Balaban J connectivity index is 1.52. The van der Waals surface area contributed by atoms with Gasteiger partial charge in [0.05, 0.1) is 11.7 Å². The van der Waals surface area contributed by atoms with Gasteiger partial charge in [0.15, 0.2) is 0 Å². The van der Waals surface area contributed by atoms with E-state index in [0.29, 0.717) is 17.8 Å². The molecule has 154 valence electrons. The van der Waals surface area contributed by atoms with E-state index in [0.717, 1.165) is 16.8 Å². The summed E-state index contributed by atoms with van der Waals surface area (Å²) < 4.78 is 0. The molecule has 1 heterocycles. The molecule has 0 saturated carbocycles. The number of amides is 3. The first-order chi connectivity index (χ1) is 14.4. The number of pyridine rings is 1. The summed E-state index contributed by atoms with van der Waals surface area (Å²) in [6.07, 6.45) is 1.72. The summed E-state index contributed by atoms with van der Waals surface area (Å²) in [7, 11) is 0. The van der Waals surface area contributed by atoms with Crippen LogP contribution in [0.25, 0.3) is 0 Å². The SMILES string of the molecule is Cc1ccc(CNC(=O)Nc2ccc(C(=O)N[C@H](C)c3ncccc3C)cc2)cc1. The van der Waals surface area contributed by atoms with Gasteiger partial charge >= 0.3 is 6.03 Å². The Morgan fingerprint density at radius 1 is 0.967 bits per heavy atom. The Morgan fingerprint density at radius 2 is 1.67 bits per heavy atom. The molecule has 3 amide bonds. The van der Waals surface area contributed by atoms with E-state index in [1.807, 2.05) is 57.2 Å². The number of anilines is 1. The Kier molecular flexibility index (Phi) is 6.80. The van der Waals surface area contributed by atoms with Crippen LogP contribution in [0.5, 0.6) is 0 Å². The van der Waals surface area contributed by atoms with Gasteiger partial charge in [-0.15, -0.1) is 0 Å². The lowest BCUT2D eigenvalue weighted by Crippen LogP contribution is -2.28. The summed E-state index contributed by atoms with van der Waals surface area (Å²) in [5.41, 5.74) is 5.20. The van der Waals surface area contributed by atoms with E-state index in [9.17, 15) is 9.59 Å². The smallest absolute Gasteiger partial charge is 0.319 e. The largest absolute Gasteiger partial charge is 0.344 e. The number of hydrogen-bond donors (Lipinski definition) is 3. The van der Waals surface area contributed by atoms with Crippen molar-refractivity contribution in [3.63, 3.8) is 0 Å². The molecule has 0 spiro atoms. The Morgan fingerprint density at radius 3 is 2.33 bits per heavy atom. The zero-order chi connectivity index (χ0) is 21.5. The lowest BCUT2D eigenvalue weighted by Gasteiger charge is -2.15. The van der Waals surface area contributed by atoms with Crippen molar-refractivity contribution in [2.75, 3.05) is 5.32 Å². The number of nitrogens with one attached hydrogen (secondary N) is 3. The summed E-state index contributed by atoms with van der Waals surface area (Å²) in [5.74, 6) is -0.192. The average molecular weight is 402 g/mol. The highest BCUT2D eigenvalue weighted by atomic mass is 16.2. The zero-order valence-electron chi connectivity index (χ0n) is 17.4. The van der Waals surface area contributed by atoms with Crippen molar-refractivity contribution >= 4 is 17.6 Å². The molecule has 0 saturated heterocycles. The minimum Gasteiger partial charge on any atom is -0.344 e. The summed E-state index contributed by atoms with van der Waals surface area (Å²) in [4.78, 5) is 29.0. The van der Waals surface area contributed by atoms with Gasteiger partial charge in [0, 0.05) is 24.0 Å². The van der Waals surface area contributed by atoms with Crippen molar-refractivity contribution in [3.05, 3.63) is 94.8 Å². The molecule has 6 nitrogen and oxygen atoms in total. The van der Waals surface area contributed by atoms with Gasteiger partial charge in [-0.1, -0.05) is 35.9 Å². The third-order valence-electron chi connectivity index (χ3n) is 4.79. The van der Waals surface area contributed by atoms with Crippen LogP contribution < -0.4 is 16.0 Å². The molecule has 0 aliphatic carbocycles. The van der Waals surface area contributed by atoms with Crippen LogP contribution >= 0.6 is 0 Å². The molecule has 2 aromatic carbocycles. The van der Waals surface area contributed by atoms with Crippen LogP contribution in [-0.4, -0.2) is 16.9 Å². The first kappa shape index (κ1) is 21.0. The number of urea groups is 1. The van der Waals surface area contributed by atoms with Gasteiger partial charge in [-0.3, -0.25) is 9.78 Å². The maximum absolute atomic E-state index is 12.5. The average Bonchev–Trinajstić information content (AvgIpc) is 2.74. The molecule has 1 atom stereocenters. The van der Waals surface area contributed by atoms with E-state index < -0.39 is 0 Å². The van der Waals surface area contributed by atoms with Gasteiger partial charge in [0.25, 0.3) is 5.91 Å². The minimum atomic E-state index is -0.299. The fraction of sp³-hybridized carbons (Fsp3) is 0.208. The first-order valence-corrected chi connectivity index (χ1v) is 9.85. The van der Waals surface area contributed by atoms with Gasteiger partial charge in [-0.05, 0) is 62.2 Å². The quantitative estimate of drug-likeness (QED) is 0.567. The van der Waals surface area contributed by atoms with Gasteiger partial charge < -0.3 is 16.0 Å². The van der Waals surface area contributed by atoms with E-state index in [-0.39, 0.29) is 18.0 Å². The second-order valence-electron chi connectivity index (χ2n) is 7.27. The molecular formula is C24H26N4O2. The van der Waals surface area contributed by atoms with E-state index in [2.05, 4.69) is 20.9 Å². The Labute approximate surface area is 176 Å². The fourth-order valence-electron chi connectivity index (χ4n) is 3.07. The van der Waals surface area contributed by atoms with Crippen LogP contribution in [0.1, 0.15) is 45.7 Å². The van der Waals surface area contributed by atoms with Crippen LogP contribution in [0, 0.1) is 13.8 Å². The van der Waals surface area contributed by atoms with E-state index in [4.69, 9.17) is 0 Å². The molecule has 1 aromatic heterocycles. The molecule has 3 aromatic rings. The molecule has 3 N–H and O–H groups in total. The van der Waals surface area contributed by atoms with Gasteiger partial charge in [0.1, 0.15) is 0 Å². The Bertz CT molecular complexity index is 1010. The van der Waals surface area contributed by atoms with Crippen LogP contribution in [0.4, 0.5) is 10.5 Å². The van der Waals surface area contributed by atoms with Gasteiger partial charge in [-0.2, -0.15) is 0 Å². The normalized spacial score (nSPS) is 11.4. The number of aromatic nitrogens is 1. The van der Waals surface area contributed by atoms with E-state index >= 15 is 0 Å². The first-order valence-electron chi connectivity index (χ1n) is 9.85. The maximum Gasteiger partial charge on any atom is 0.319 e. The lowest BCUT2D eigenvalue weighted by molar-refractivity contribution is 0.0939. The van der Waals surface area contributed by atoms with E-state index in [1.54, 1.807) is 30.5 Å². The number of hydrogen-bond acceptors (Lipinski definition) is 3. The number of rotatable bonds is 6. The molecule has 0 unspecified atom stereocenters. The van der Waals surface area contributed by atoms with Crippen molar-refractivity contribution in [2.45, 2.75) is 33.4 Å². The second-order valence-corrected chi connectivity index (χ2v) is 7.27. The highest BCUT2D eigenvalue weighted by Crippen LogP contribution is 2.15. The number of aryl methyl sites for hydroxylation is 2.